The molecule has 0 aliphatic carbocycles. The van der Waals surface area contributed by atoms with Crippen molar-refractivity contribution in [1.29, 1.82) is 0 Å². The Labute approximate surface area is 203 Å². The van der Waals surface area contributed by atoms with Crippen LogP contribution in [0, 0.1) is 0 Å². The number of benzene rings is 1. The second kappa shape index (κ2) is 14.1. The van der Waals surface area contributed by atoms with E-state index in [1.165, 1.54) is 14.2 Å². The first-order valence-corrected chi connectivity index (χ1v) is 13.1. The summed E-state index contributed by atoms with van der Waals surface area (Å²) in [6.07, 6.45) is 1.88. The lowest BCUT2D eigenvalue weighted by atomic mass is 10.2. The first-order chi connectivity index (χ1) is 15.8. The Balaban J connectivity index is 2.12. The van der Waals surface area contributed by atoms with E-state index in [0.717, 1.165) is 29.4 Å². The average molecular weight is 497 g/mol. The number of nitrogens with zero attached hydrogens (tertiary/aromatic N) is 1. The minimum absolute atomic E-state index is 0.351. The van der Waals surface area contributed by atoms with Crippen LogP contribution in [0.5, 0.6) is 0 Å². The zero-order chi connectivity index (χ0) is 24.2. The van der Waals surface area contributed by atoms with Crippen LogP contribution in [0.3, 0.4) is 0 Å². The van der Waals surface area contributed by atoms with Gasteiger partial charge in [0.05, 0.1) is 7.11 Å². The molecule has 33 heavy (non-hydrogen) atoms. The molecule has 3 atom stereocenters. The number of carbonyl (C=O) groups excluding carboxylic acids is 4. The van der Waals surface area contributed by atoms with E-state index in [1.54, 1.807) is 54.7 Å². The van der Waals surface area contributed by atoms with Gasteiger partial charge >= 0.3 is 0 Å². The number of thioether (sulfide) groups is 2. The van der Waals surface area contributed by atoms with E-state index in [1.807, 2.05) is 6.07 Å². The Morgan fingerprint density at radius 3 is 2.30 bits per heavy atom. The maximum Gasteiger partial charge on any atom is 0.269 e. The van der Waals surface area contributed by atoms with Gasteiger partial charge in [0.2, 0.25) is 11.8 Å². The number of likely N-dealkylation sites (N-methyl/N-ethyl adjacent to an activating group) is 1. The molecule has 182 valence electrons. The highest BCUT2D eigenvalue weighted by Gasteiger charge is 2.29. The summed E-state index contributed by atoms with van der Waals surface area (Å²) in [7, 11) is 2.86. The van der Waals surface area contributed by atoms with Crippen molar-refractivity contribution in [3.05, 3.63) is 35.9 Å². The molecule has 1 aromatic rings. The van der Waals surface area contributed by atoms with E-state index in [2.05, 4.69) is 16.0 Å². The van der Waals surface area contributed by atoms with Crippen molar-refractivity contribution in [2.24, 2.45) is 0 Å². The first-order valence-electron chi connectivity index (χ1n) is 10.8. The third kappa shape index (κ3) is 8.90. The van der Waals surface area contributed by atoms with Gasteiger partial charge < -0.3 is 16.0 Å². The first kappa shape index (κ1) is 27.0. The van der Waals surface area contributed by atoms with Crippen molar-refractivity contribution in [2.75, 3.05) is 37.2 Å². The van der Waals surface area contributed by atoms with Gasteiger partial charge in [-0.2, -0.15) is 23.5 Å². The second-order valence-corrected chi connectivity index (χ2v) is 9.86. The van der Waals surface area contributed by atoms with Crippen LogP contribution in [0.15, 0.2) is 30.3 Å². The topological polar surface area (TPSA) is 117 Å². The number of amides is 4. The Bertz CT molecular complexity index is 811. The molecular weight excluding hydrogens is 464 g/mol. The molecule has 0 bridgehead atoms. The van der Waals surface area contributed by atoms with Crippen LogP contribution >= 0.6 is 23.5 Å². The molecule has 0 radical (unpaired) electrons. The van der Waals surface area contributed by atoms with Crippen LogP contribution in [0.1, 0.15) is 30.1 Å². The zero-order valence-corrected chi connectivity index (χ0v) is 20.8. The molecule has 11 heteroatoms. The predicted octanol–water partition coefficient (Wildman–Crippen LogP) is 1.05. The normalized spacial score (nSPS) is 23.3. The van der Waals surface area contributed by atoms with Gasteiger partial charge in [-0.15, -0.1) is 0 Å². The third-order valence-corrected chi connectivity index (χ3v) is 7.30. The molecule has 1 aliphatic heterocycles. The molecule has 1 aromatic carbocycles. The van der Waals surface area contributed by atoms with Crippen molar-refractivity contribution in [1.82, 2.24) is 21.0 Å². The number of hydrogen-bond donors (Lipinski definition) is 3. The summed E-state index contributed by atoms with van der Waals surface area (Å²) in [5.41, 5.74) is 0.456. The van der Waals surface area contributed by atoms with Crippen molar-refractivity contribution < 1.29 is 24.0 Å². The van der Waals surface area contributed by atoms with Crippen LogP contribution < -0.4 is 16.0 Å². The lowest BCUT2D eigenvalue weighted by Gasteiger charge is -2.25. The van der Waals surface area contributed by atoms with Crippen molar-refractivity contribution in [3.8, 4) is 0 Å². The van der Waals surface area contributed by atoms with E-state index < -0.39 is 29.9 Å². The minimum atomic E-state index is -0.892. The fraction of sp³-hybridized carbons (Fsp3) is 0.545. The molecule has 1 aliphatic rings. The minimum Gasteiger partial charge on any atom is -0.343 e. The van der Waals surface area contributed by atoms with Gasteiger partial charge in [-0.25, -0.2) is 5.06 Å². The molecule has 9 nitrogen and oxygen atoms in total. The molecule has 2 unspecified atom stereocenters. The molecule has 4 amide bonds. The number of hydroxylamine groups is 2. The number of nitrogens with one attached hydrogen (secondary N) is 3. The quantitative estimate of drug-likeness (QED) is 0.534. The van der Waals surface area contributed by atoms with Crippen molar-refractivity contribution in [2.45, 2.75) is 37.9 Å². The molecule has 1 heterocycles. The van der Waals surface area contributed by atoms with Gasteiger partial charge in [0.25, 0.3) is 11.8 Å². The number of rotatable bonds is 4. The van der Waals surface area contributed by atoms with Crippen LogP contribution in [-0.2, 0) is 19.2 Å². The molecule has 3 N–H and O–H groups in total. The van der Waals surface area contributed by atoms with Gasteiger partial charge in [-0.05, 0) is 43.4 Å². The van der Waals surface area contributed by atoms with E-state index in [0.29, 0.717) is 17.1 Å². The van der Waals surface area contributed by atoms with Crippen LogP contribution in [0.2, 0.25) is 0 Å². The highest BCUT2D eigenvalue weighted by Crippen LogP contribution is 2.13. The van der Waals surface area contributed by atoms with Crippen LogP contribution in [0.25, 0.3) is 0 Å². The lowest BCUT2D eigenvalue weighted by molar-refractivity contribution is -0.171. The summed E-state index contributed by atoms with van der Waals surface area (Å²) >= 11 is 3.17. The van der Waals surface area contributed by atoms with E-state index in [9.17, 15) is 19.2 Å². The van der Waals surface area contributed by atoms with Crippen LogP contribution in [-0.4, -0.2) is 84.0 Å². The Morgan fingerprint density at radius 2 is 1.67 bits per heavy atom. The summed E-state index contributed by atoms with van der Waals surface area (Å²) in [5, 5.41) is 9.24. The summed E-state index contributed by atoms with van der Waals surface area (Å²) < 4.78 is 0. The third-order valence-electron chi connectivity index (χ3n) is 5.01. The van der Waals surface area contributed by atoms with Gasteiger partial charge in [0, 0.05) is 24.1 Å². The summed E-state index contributed by atoms with van der Waals surface area (Å²) in [5.74, 6) is 0.831. The Morgan fingerprint density at radius 1 is 1.03 bits per heavy atom. The molecule has 1 fully saturated rings. The van der Waals surface area contributed by atoms with E-state index >= 15 is 0 Å². The van der Waals surface area contributed by atoms with Gasteiger partial charge in [0.15, 0.2) is 0 Å². The highest BCUT2D eigenvalue weighted by molar-refractivity contribution is 7.99. The van der Waals surface area contributed by atoms with Gasteiger partial charge in [-0.1, -0.05) is 18.2 Å². The van der Waals surface area contributed by atoms with E-state index in [-0.39, 0.29) is 11.8 Å². The maximum absolute atomic E-state index is 12.9. The van der Waals surface area contributed by atoms with Crippen molar-refractivity contribution in [3.63, 3.8) is 0 Å². The summed E-state index contributed by atoms with van der Waals surface area (Å²) in [6, 6.07) is 6.20. The fourth-order valence-corrected chi connectivity index (χ4v) is 5.07. The highest BCUT2D eigenvalue weighted by atomic mass is 32.2. The zero-order valence-electron chi connectivity index (χ0n) is 19.2. The molecular formula is C22H32N4O5S2. The predicted molar refractivity (Wildman–Crippen MR) is 131 cm³/mol. The number of hydrogen-bond acceptors (Lipinski definition) is 7. The largest absolute Gasteiger partial charge is 0.343 e. The standard InChI is InChI=1S/C22H32N4O5S2/c1-15-19(27)25-18(22(30)26(2)31-3)14-33-12-8-7-11-32-13-17(21(29)23-15)24-20(28)16-9-5-4-6-10-16/h4-6,9-10,15,17-18H,7-8,11-14H2,1-3H3,(H,23,29)(H,24,28)(H,25,27)/t15-,17?,18?/m0/s1. The van der Waals surface area contributed by atoms with Gasteiger partial charge in [0.1, 0.15) is 18.1 Å². The van der Waals surface area contributed by atoms with Crippen molar-refractivity contribution >= 4 is 47.2 Å². The molecule has 1 saturated heterocycles. The number of carbonyl (C=O) groups is 4. The molecule has 2 rings (SSSR count). The van der Waals surface area contributed by atoms with Crippen LogP contribution in [0.4, 0.5) is 0 Å². The molecule has 0 aromatic heterocycles. The monoisotopic (exact) mass is 496 g/mol. The molecule has 0 spiro atoms. The Kier molecular flexibility index (Phi) is 11.6. The molecule has 0 saturated carbocycles. The Hall–Kier alpha value is -2.24. The summed E-state index contributed by atoms with van der Waals surface area (Å²) in [4.78, 5) is 55.8. The lowest BCUT2D eigenvalue weighted by Crippen LogP contribution is -2.56. The SMILES string of the molecule is CON(C)C(=O)C1CSCCCCSCC(NC(=O)c2ccccc2)C(=O)N[C@@H](C)C(=O)N1. The van der Waals surface area contributed by atoms with Gasteiger partial charge in [-0.3, -0.25) is 24.0 Å². The maximum atomic E-state index is 12.9. The average Bonchev–Trinajstić information content (AvgIpc) is 2.82. The second-order valence-electron chi connectivity index (χ2n) is 7.56. The fourth-order valence-electron chi connectivity index (χ4n) is 2.98. The smallest absolute Gasteiger partial charge is 0.269 e. The summed E-state index contributed by atoms with van der Waals surface area (Å²) in [6.45, 7) is 1.54. The van der Waals surface area contributed by atoms with E-state index in [4.69, 9.17) is 4.84 Å².